The number of hydrogen-bond donors (Lipinski definition) is 0. The van der Waals surface area contributed by atoms with Gasteiger partial charge in [-0.15, -0.1) is 0 Å². The minimum atomic E-state index is -0.393. The zero-order valence-corrected chi connectivity index (χ0v) is 16.1. The molecule has 3 unspecified atom stereocenters. The minimum absolute atomic E-state index is 0.0168. The Kier molecular flexibility index (Phi) is 3.82. The third-order valence-corrected chi connectivity index (χ3v) is 7.97. The van der Waals surface area contributed by atoms with Gasteiger partial charge in [0, 0.05) is 25.4 Å². The van der Waals surface area contributed by atoms with Crippen molar-refractivity contribution in [2.45, 2.75) is 57.3 Å². The lowest BCUT2D eigenvalue weighted by Crippen LogP contribution is -2.44. The van der Waals surface area contributed by atoms with E-state index in [1.165, 1.54) is 18.4 Å². The first kappa shape index (κ1) is 17.2. The van der Waals surface area contributed by atoms with Crippen molar-refractivity contribution in [1.82, 2.24) is 4.90 Å². The van der Waals surface area contributed by atoms with Crippen molar-refractivity contribution in [1.29, 1.82) is 0 Å². The Morgan fingerprint density at radius 1 is 1.11 bits per heavy atom. The molecule has 3 atom stereocenters. The molecule has 0 bridgehead atoms. The predicted molar refractivity (Wildman–Crippen MR) is 105 cm³/mol. The van der Waals surface area contributed by atoms with Crippen LogP contribution in [-0.2, 0) is 21.4 Å². The van der Waals surface area contributed by atoms with Crippen molar-refractivity contribution >= 4 is 18.0 Å². The topological polar surface area (TPSA) is 49.7 Å². The molecule has 2 aliphatic heterocycles. The quantitative estimate of drug-likeness (QED) is 0.717. The number of likely N-dealkylation sites (tertiary alicyclic amines) is 1. The number of piperidine rings is 1. The molecule has 1 aromatic carbocycles. The number of fused-ring (bicyclic) bond motifs is 2. The van der Waals surface area contributed by atoms with E-state index >= 15 is 0 Å². The molecule has 0 radical (unpaired) electrons. The molecule has 5 rings (SSSR count). The van der Waals surface area contributed by atoms with Crippen LogP contribution in [0.4, 0.5) is 0 Å². The Morgan fingerprint density at radius 3 is 2.63 bits per heavy atom. The van der Waals surface area contributed by atoms with Gasteiger partial charge in [-0.3, -0.25) is 4.79 Å². The summed E-state index contributed by atoms with van der Waals surface area (Å²) in [6.45, 7) is 4.08. The van der Waals surface area contributed by atoms with Crippen molar-refractivity contribution in [2.75, 3.05) is 13.1 Å². The molecular weight excluding hydrogens is 336 g/mol. The van der Waals surface area contributed by atoms with Crippen LogP contribution < -0.4 is 0 Å². The van der Waals surface area contributed by atoms with Crippen LogP contribution in [0.1, 0.15) is 56.6 Å². The van der Waals surface area contributed by atoms with Crippen LogP contribution >= 0.6 is 0 Å². The highest BCUT2D eigenvalue weighted by Gasteiger charge is 2.53. The number of amidine groups is 1. The summed E-state index contributed by atoms with van der Waals surface area (Å²) in [5.74, 6) is 1.32. The van der Waals surface area contributed by atoms with E-state index in [4.69, 9.17) is 0 Å². The monoisotopic (exact) mass is 364 g/mol. The largest absolute Gasteiger partial charge is 0.360 e. The van der Waals surface area contributed by atoms with Crippen LogP contribution in [0, 0.1) is 17.3 Å². The Hall–Kier alpha value is -1.97. The number of carbonyl (C=O) groups excluding carboxylic acids is 2. The Bertz CT molecular complexity index is 821. The smallest absolute Gasteiger partial charge is 0.254 e. The van der Waals surface area contributed by atoms with Gasteiger partial charge in [-0.1, -0.05) is 31.2 Å². The van der Waals surface area contributed by atoms with Crippen LogP contribution in [0.15, 0.2) is 29.3 Å². The van der Waals surface area contributed by atoms with E-state index in [1.807, 2.05) is 0 Å². The molecule has 2 aliphatic carbocycles. The summed E-state index contributed by atoms with van der Waals surface area (Å²) >= 11 is 0. The highest BCUT2D eigenvalue weighted by Crippen LogP contribution is 2.52. The molecule has 4 heteroatoms. The fraction of sp³-hybridized carbons (Fsp3) is 0.609. The number of rotatable bonds is 1. The molecule has 1 aromatic rings. The first-order chi connectivity index (χ1) is 13.1. The lowest BCUT2D eigenvalue weighted by molar-refractivity contribution is -0.126. The third-order valence-electron chi connectivity index (χ3n) is 7.97. The Morgan fingerprint density at radius 2 is 1.89 bits per heavy atom. The standard InChI is InChI=1S/C23H28N2O2/c1-16-12-23(13-18(16)15-26)14-20(24-21(23)27)25-10-8-22(9-11-25)7-6-17-4-2-3-5-19(17)22/h2-5,15-16,18H,6-14H2,1H3. The van der Waals surface area contributed by atoms with Crippen molar-refractivity contribution in [3.8, 4) is 0 Å². The second-order valence-electron chi connectivity index (χ2n) is 9.40. The fourth-order valence-corrected chi connectivity index (χ4v) is 6.32. The van der Waals surface area contributed by atoms with Crippen molar-refractivity contribution in [2.24, 2.45) is 22.2 Å². The second kappa shape index (κ2) is 6.02. The average molecular weight is 364 g/mol. The summed E-state index contributed by atoms with van der Waals surface area (Å²) in [7, 11) is 0. The lowest BCUT2D eigenvalue weighted by atomic mass is 9.73. The van der Waals surface area contributed by atoms with Crippen LogP contribution in [0.3, 0.4) is 0 Å². The van der Waals surface area contributed by atoms with Gasteiger partial charge in [0.15, 0.2) is 0 Å². The zero-order chi connectivity index (χ0) is 18.6. The Labute approximate surface area is 161 Å². The minimum Gasteiger partial charge on any atom is -0.360 e. The first-order valence-electron chi connectivity index (χ1n) is 10.5. The average Bonchev–Trinajstić information content (AvgIpc) is 3.31. The van der Waals surface area contributed by atoms with Crippen LogP contribution in [0.2, 0.25) is 0 Å². The molecule has 2 spiro atoms. The molecule has 2 fully saturated rings. The van der Waals surface area contributed by atoms with Crippen LogP contribution in [0.25, 0.3) is 0 Å². The van der Waals surface area contributed by atoms with Gasteiger partial charge in [-0.2, -0.15) is 4.99 Å². The van der Waals surface area contributed by atoms with Crippen molar-refractivity contribution < 1.29 is 9.59 Å². The number of aryl methyl sites for hydroxylation is 1. The molecule has 1 saturated carbocycles. The van der Waals surface area contributed by atoms with E-state index in [0.29, 0.717) is 17.8 Å². The van der Waals surface area contributed by atoms with E-state index in [0.717, 1.165) is 50.9 Å². The SMILES string of the molecule is CC1CC2(CC(N3CCC4(CCc5ccccc54)CC3)=NC2=O)CC1C=O. The van der Waals surface area contributed by atoms with Gasteiger partial charge in [0.1, 0.15) is 12.1 Å². The lowest BCUT2D eigenvalue weighted by Gasteiger charge is -2.41. The molecule has 27 heavy (non-hydrogen) atoms. The zero-order valence-electron chi connectivity index (χ0n) is 16.1. The number of benzene rings is 1. The van der Waals surface area contributed by atoms with E-state index < -0.39 is 5.41 Å². The predicted octanol–water partition coefficient (Wildman–Crippen LogP) is 3.53. The van der Waals surface area contributed by atoms with Gasteiger partial charge >= 0.3 is 0 Å². The van der Waals surface area contributed by atoms with Gasteiger partial charge in [0.05, 0.1) is 5.41 Å². The van der Waals surface area contributed by atoms with E-state index in [2.05, 4.69) is 41.1 Å². The van der Waals surface area contributed by atoms with Crippen LogP contribution in [0.5, 0.6) is 0 Å². The van der Waals surface area contributed by atoms with Gasteiger partial charge in [-0.25, -0.2) is 0 Å². The van der Waals surface area contributed by atoms with Crippen LogP contribution in [-0.4, -0.2) is 36.0 Å². The van der Waals surface area contributed by atoms with Gasteiger partial charge in [0.25, 0.3) is 5.91 Å². The summed E-state index contributed by atoms with van der Waals surface area (Å²) in [6, 6.07) is 8.93. The number of aldehydes is 1. The molecule has 0 N–H and O–H groups in total. The second-order valence-corrected chi connectivity index (χ2v) is 9.40. The van der Waals surface area contributed by atoms with E-state index in [1.54, 1.807) is 5.56 Å². The molecule has 1 amide bonds. The molecule has 4 nitrogen and oxygen atoms in total. The molecular formula is C23H28N2O2. The maximum atomic E-state index is 12.7. The molecule has 142 valence electrons. The number of amides is 1. The number of carbonyl (C=O) groups is 2. The highest BCUT2D eigenvalue weighted by molar-refractivity contribution is 6.05. The van der Waals surface area contributed by atoms with Crippen molar-refractivity contribution in [3.05, 3.63) is 35.4 Å². The van der Waals surface area contributed by atoms with Crippen molar-refractivity contribution in [3.63, 3.8) is 0 Å². The Balaban J connectivity index is 1.30. The first-order valence-corrected chi connectivity index (χ1v) is 10.5. The summed E-state index contributed by atoms with van der Waals surface area (Å²) in [5.41, 5.74) is 3.02. The van der Waals surface area contributed by atoms with E-state index in [9.17, 15) is 9.59 Å². The van der Waals surface area contributed by atoms with Gasteiger partial charge in [0.2, 0.25) is 0 Å². The summed E-state index contributed by atoms with van der Waals surface area (Å²) in [4.78, 5) is 30.9. The van der Waals surface area contributed by atoms with Gasteiger partial charge in [-0.05, 0) is 61.0 Å². The summed E-state index contributed by atoms with van der Waals surface area (Å²) in [5, 5.41) is 0. The summed E-state index contributed by atoms with van der Waals surface area (Å²) < 4.78 is 0. The number of aliphatic imine (C=N–C) groups is 1. The van der Waals surface area contributed by atoms with E-state index in [-0.39, 0.29) is 11.8 Å². The molecule has 1 saturated heterocycles. The molecule has 4 aliphatic rings. The third kappa shape index (κ3) is 2.52. The number of hydrogen-bond acceptors (Lipinski definition) is 3. The molecule has 2 heterocycles. The maximum Gasteiger partial charge on any atom is 0.254 e. The highest BCUT2D eigenvalue weighted by atomic mass is 16.2. The normalized spacial score (nSPS) is 34.3. The fourth-order valence-electron chi connectivity index (χ4n) is 6.32. The molecule has 0 aromatic heterocycles. The van der Waals surface area contributed by atoms with Gasteiger partial charge < -0.3 is 9.69 Å². The summed E-state index contributed by atoms with van der Waals surface area (Å²) in [6.07, 6.45) is 8.05. The maximum absolute atomic E-state index is 12.7. The number of nitrogens with zero attached hydrogens (tertiary/aromatic N) is 2.